The van der Waals surface area contributed by atoms with E-state index in [-0.39, 0.29) is 6.03 Å². The Bertz CT molecular complexity index is 825. The molecule has 148 valence electrons. The van der Waals surface area contributed by atoms with Crippen molar-refractivity contribution in [3.05, 3.63) is 48.0 Å². The van der Waals surface area contributed by atoms with Gasteiger partial charge in [-0.2, -0.15) is 0 Å². The van der Waals surface area contributed by atoms with Crippen LogP contribution in [0.5, 0.6) is 17.2 Å². The Morgan fingerprint density at radius 1 is 1.18 bits per heavy atom. The number of likely N-dealkylation sites (tertiary alicyclic amines) is 1. The molecule has 0 aromatic heterocycles. The zero-order chi connectivity index (χ0) is 19.3. The summed E-state index contributed by atoms with van der Waals surface area (Å²) in [6.07, 6.45) is 1.08. The number of carbonyl (C=O) groups excluding carboxylic acids is 1. The molecule has 7 heteroatoms. The van der Waals surface area contributed by atoms with Crippen molar-refractivity contribution >= 4 is 11.7 Å². The summed E-state index contributed by atoms with van der Waals surface area (Å²) in [7, 11) is 1.62. The maximum atomic E-state index is 12.1. The van der Waals surface area contributed by atoms with Crippen LogP contribution >= 0.6 is 0 Å². The number of hydrogen-bond donors (Lipinski definition) is 2. The summed E-state index contributed by atoms with van der Waals surface area (Å²) in [5.74, 6) is 2.86. The highest BCUT2D eigenvalue weighted by atomic mass is 16.7. The Labute approximate surface area is 164 Å². The van der Waals surface area contributed by atoms with E-state index in [2.05, 4.69) is 27.7 Å². The molecule has 2 amide bonds. The first-order chi connectivity index (χ1) is 13.7. The molecule has 2 aliphatic heterocycles. The van der Waals surface area contributed by atoms with E-state index in [1.807, 2.05) is 30.3 Å². The predicted octanol–water partition coefficient (Wildman–Crippen LogP) is 3.07. The van der Waals surface area contributed by atoms with Crippen molar-refractivity contribution in [2.75, 3.05) is 38.9 Å². The van der Waals surface area contributed by atoms with Crippen LogP contribution in [0, 0.1) is 5.92 Å². The van der Waals surface area contributed by atoms with Crippen molar-refractivity contribution in [1.29, 1.82) is 0 Å². The monoisotopic (exact) mass is 383 g/mol. The second-order valence-electron chi connectivity index (χ2n) is 7.14. The molecule has 28 heavy (non-hydrogen) atoms. The van der Waals surface area contributed by atoms with Gasteiger partial charge in [0.2, 0.25) is 6.79 Å². The number of methoxy groups -OCH3 is 1. The van der Waals surface area contributed by atoms with Gasteiger partial charge in [0.1, 0.15) is 5.75 Å². The molecule has 0 spiro atoms. The average molecular weight is 383 g/mol. The topological polar surface area (TPSA) is 72.1 Å². The molecule has 0 aliphatic carbocycles. The molecule has 0 radical (unpaired) electrons. The van der Waals surface area contributed by atoms with Gasteiger partial charge in [0, 0.05) is 25.3 Å². The maximum absolute atomic E-state index is 12.1. The number of benzene rings is 2. The van der Waals surface area contributed by atoms with Gasteiger partial charge in [-0.1, -0.05) is 6.07 Å². The van der Waals surface area contributed by atoms with Crippen molar-refractivity contribution in [1.82, 2.24) is 10.2 Å². The van der Waals surface area contributed by atoms with Gasteiger partial charge in [-0.3, -0.25) is 4.90 Å². The number of ether oxygens (including phenoxy) is 3. The maximum Gasteiger partial charge on any atom is 0.319 e. The van der Waals surface area contributed by atoms with Crippen LogP contribution in [0.3, 0.4) is 0 Å². The van der Waals surface area contributed by atoms with E-state index in [0.29, 0.717) is 19.3 Å². The van der Waals surface area contributed by atoms with Crippen LogP contribution in [-0.2, 0) is 6.54 Å². The Morgan fingerprint density at radius 2 is 2.00 bits per heavy atom. The molecule has 2 aliphatic rings. The van der Waals surface area contributed by atoms with Gasteiger partial charge in [0.05, 0.1) is 7.11 Å². The third kappa shape index (κ3) is 4.48. The molecule has 0 bridgehead atoms. The van der Waals surface area contributed by atoms with Crippen molar-refractivity contribution in [2.24, 2.45) is 5.92 Å². The standard InChI is InChI=1S/C21H25N3O4/c1-26-18-5-3-17(4-6-18)23-21(25)22-11-16-8-9-24(13-16)12-15-2-7-19-20(10-15)28-14-27-19/h2-7,10,16H,8-9,11-14H2,1H3,(H2,22,23,25). The van der Waals surface area contributed by atoms with Crippen LogP contribution in [0.4, 0.5) is 10.5 Å². The van der Waals surface area contributed by atoms with Crippen LogP contribution in [0.1, 0.15) is 12.0 Å². The Morgan fingerprint density at radius 3 is 2.82 bits per heavy atom. The summed E-state index contributed by atoms with van der Waals surface area (Å²) in [5.41, 5.74) is 1.96. The quantitative estimate of drug-likeness (QED) is 0.802. The molecule has 1 atom stereocenters. The average Bonchev–Trinajstić information content (AvgIpc) is 3.36. The van der Waals surface area contributed by atoms with E-state index >= 15 is 0 Å². The second-order valence-corrected chi connectivity index (χ2v) is 7.14. The van der Waals surface area contributed by atoms with Crippen LogP contribution in [0.2, 0.25) is 0 Å². The smallest absolute Gasteiger partial charge is 0.319 e. The molecule has 4 rings (SSSR count). The zero-order valence-electron chi connectivity index (χ0n) is 15.9. The lowest BCUT2D eigenvalue weighted by atomic mass is 10.1. The Hall–Kier alpha value is -2.93. The normalized spacial score (nSPS) is 18.1. The van der Waals surface area contributed by atoms with E-state index in [1.165, 1.54) is 5.56 Å². The molecular formula is C21H25N3O4. The van der Waals surface area contributed by atoms with Crippen molar-refractivity contribution < 1.29 is 19.0 Å². The highest BCUT2D eigenvalue weighted by Crippen LogP contribution is 2.33. The molecule has 2 aromatic carbocycles. The molecular weight excluding hydrogens is 358 g/mol. The van der Waals surface area contributed by atoms with Gasteiger partial charge >= 0.3 is 6.03 Å². The van der Waals surface area contributed by atoms with Crippen LogP contribution in [-0.4, -0.2) is 44.5 Å². The van der Waals surface area contributed by atoms with Gasteiger partial charge in [-0.25, -0.2) is 4.79 Å². The van der Waals surface area contributed by atoms with E-state index in [9.17, 15) is 4.79 Å². The molecule has 1 unspecified atom stereocenters. The van der Waals surface area contributed by atoms with Gasteiger partial charge in [-0.15, -0.1) is 0 Å². The summed E-state index contributed by atoms with van der Waals surface area (Å²) < 4.78 is 15.9. The SMILES string of the molecule is COc1ccc(NC(=O)NCC2CCN(Cc3ccc4c(c3)OCO4)C2)cc1. The Balaban J connectivity index is 1.20. The van der Waals surface area contributed by atoms with Gasteiger partial charge in [-0.05, 0) is 60.8 Å². The number of nitrogens with zero attached hydrogens (tertiary/aromatic N) is 1. The molecule has 7 nitrogen and oxygen atoms in total. The number of urea groups is 1. The van der Waals surface area contributed by atoms with Gasteiger partial charge in [0.25, 0.3) is 0 Å². The summed E-state index contributed by atoms with van der Waals surface area (Å²) >= 11 is 0. The largest absolute Gasteiger partial charge is 0.497 e. The van der Waals surface area contributed by atoms with Crippen molar-refractivity contribution in [2.45, 2.75) is 13.0 Å². The number of fused-ring (bicyclic) bond motifs is 1. The first-order valence-corrected chi connectivity index (χ1v) is 9.49. The van der Waals surface area contributed by atoms with E-state index in [1.54, 1.807) is 7.11 Å². The highest BCUT2D eigenvalue weighted by Gasteiger charge is 2.23. The molecule has 2 heterocycles. The number of carbonyl (C=O) groups is 1. The highest BCUT2D eigenvalue weighted by molar-refractivity contribution is 5.89. The van der Waals surface area contributed by atoms with Crippen LogP contribution < -0.4 is 24.8 Å². The summed E-state index contributed by atoms with van der Waals surface area (Å²) in [4.78, 5) is 14.5. The Kier molecular flexibility index (Phi) is 5.53. The lowest BCUT2D eigenvalue weighted by molar-refractivity contribution is 0.174. The number of anilines is 1. The lowest BCUT2D eigenvalue weighted by Crippen LogP contribution is -2.34. The van der Waals surface area contributed by atoms with Gasteiger partial charge < -0.3 is 24.8 Å². The summed E-state index contributed by atoms with van der Waals surface area (Å²) in [6, 6.07) is 13.2. The zero-order valence-corrected chi connectivity index (χ0v) is 15.9. The molecule has 1 saturated heterocycles. The summed E-state index contributed by atoms with van der Waals surface area (Å²) in [5, 5.41) is 5.82. The molecule has 0 saturated carbocycles. The minimum atomic E-state index is -0.181. The van der Waals surface area contributed by atoms with Crippen LogP contribution in [0.15, 0.2) is 42.5 Å². The second kappa shape index (κ2) is 8.39. The number of amides is 2. The van der Waals surface area contributed by atoms with Crippen molar-refractivity contribution in [3.8, 4) is 17.2 Å². The minimum absolute atomic E-state index is 0.181. The van der Waals surface area contributed by atoms with E-state index < -0.39 is 0 Å². The van der Waals surface area contributed by atoms with E-state index in [4.69, 9.17) is 14.2 Å². The minimum Gasteiger partial charge on any atom is -0.497 e. The predicted molar refractivity (Wildman–Crippen MR) is 106 cm³/mol. The fraction of sp³-hybridized carbons (Fsp3) is 0.381. The number of hydrogen-bond acceptors (Lipinski definition) is 5. The fourth-order valence-electron chi connectivity index (χ4n) is 3.61. The van der Waals surface area contributed by atoms with Gasteiger partial charge in [0.15, 0.2) is 11.5 Å². The molecule has 2 aromatic rings. The number of nitrogens with one attached hydrogen (secondary N) is 2. The third-order valence-corrected chi connectivity index (χ3v) is 5.11. The fourth-order valence-corrected chi connectivity index (χ4v) is 3.61. The van der Waals surface area contributed by atoms with Crippen molar-refractivity contribution in [3.63, 3.8) is 0 Å². The molecule has 2 N–H and O–H groups in total. The summed E-state index contributed by atoms with van der Waals surface area (Å²) in [6.45, 7) is 3.85. The first kappa shape index (κ1) is 18.4. The lowest BCUT2D eigenvalue weighted by Gasteiger charge is -2.17. The van der Waals surface area contributed by atoms with E-state index in [0.717, 1.165) is 49.0 Å². The number of rotatable bonds is 6. The van der Waals surface area contributed by atoms with Crippen LogP contribution in [0.25, 0.3) is 0 Å². The third-order valence-electron chi connectivity index (χ3n) is 5.11. The molecule has 1 fully saturated rings. The first-order valence-electron chi connectivity index (χ1n) is 9.49.